The Balaban J connectivity index is 1.51. The molecule has 6 nitrogen and oxygen atoms in total. The van der Waals surface area contributed by atoms with Crippen LogP contribution in [0.25, 0.3) is 33.2 Å². The summed E-state index contributed by atoms with van der Waals surface area (Å²) in [5.41, 5.74) is 8.63. The van der Waals surface area contributed by atoms with Crippen molar-refractivity contribution in [2.24, 2.45) is 0 Å². The molecule has 0 unspecified atom stereocenters. The Morgan fingerprint density at radius 2 is 1.87 bits per heavy atom. The third kappa shape index (κ3) is 2.64. The molecular formula is C24H20N6. The Hall–Kier alpha value is -3.80. The average Bonchev–Trinajstić information content (AvgIpc) is 3.34. The molecule has 0 radical (unpaired) electrons. The Morgan fingerprint density at radius 3 is 2.80 bits per heavy atom. The number of anilines is 2. The van der Waals surface area contributed by atoms with Gasteiger partial charge in [0.15, 0.2) is 5.65 Å². The molecule has 0 aliphatic carbocycles. The van der Waals surface area contributed by atoms with Gasteiger partial charge in [-0.15, -0.1) is 0 Å². The molecule has 6 rings (SSSR count). The number of H-pyrrole nitrogens is 1. The Morgan fingerprint density at radius 1 is 0.933 bits per heavy atom. The predicted molar refractivity (Wildman–Crippen MR) is 119 cm³/mol. The van der Waals surface area contributed by atoms with Crippen LogP contribution in [0.2, 0.25) is 0 Å². The van der Waals surface area contributed by atoms with Crippen LogP contribution in [0.4, 0.5) is 11.5 Å². The summed E-state index contributed by atoms with van der Waals surface area (Å²) in [5.74, 6) is 1.82. The molecule has 0 fully saturated rings. The van der Waals surface area contributed by atoms with Gasteiger partial charge in [0.25, 0.3) is 0 Å². The summed E-state index contributed by atoms with van der Waals surface area (Å²) < 4.78 is 0. The van der Waals surface area contributed by atoms with Gasteiger partial charge in [-0.3, -0.25) is 0 Å². The van der Waals surface area contributed by atoms with Crippen LogP contribution < -0.4 is 4.90 Å². The van der Waals surface area contributed by atoms with E-state index >= 15 is 0 Å². The monoisotopic (exact) mass is 392 g/mol. The maximum absolute atomic E-state index is 4.69. The quantitative estimate of drug-likeness (QED) is 0.464. The zero-order chi connectivity index (χ0) is 20.2. The minimum atomic E-state index is 0.741. The summed E-state index contributed by atoms with van der Waals surface area (Å²) in [6.45, 7) is 5.00. The van der Waals surface area contributed by atoms with Gasteiger partial charge in [0, 0.05) is 29.4 Å². The number of aromatic amines is 1. The van der Waals surface area contributed by atoms with Gasteiger partial charge in [0.2, 0.25) is 0 Å². The zero-order valence-electron chi connectivity index (χ0n) is 16.8. The van der Waals surface area contributed by atoms with Crippen LogP contribution in [-0.4, -0.2) is 31.5 Å². The Labute approximate surface area is 173 Å². The van der Waals surface area contributed by atoms with Crippen molar-refractivity contribution >= 4 is 33.6 Å². The first-order valence-electron chi connectivity index (χ1n) is 10.1. The van der Waals surface area contributed by atoms with E-state index in [1.807, 2.05) is 13.1 Å². The molecule has 0 saturated carbocycles. The van der Waals surface area contributed by atoms with Crippen molar-refractivity contribution in [3.05, 3.63) is 71.9 Å². The summed E-state index contributed by atoms with van der Waals surface area (Å²) in [7, 11) is 0. The number of aromatic nitrogens is 5. The number of rotatable bonds is 2. The maximum Gasteiger partial charge on any atom is 0.177 e. The van der Waals surface area contributed by atoms with Gasteiger partial charge in [-0.25, -0.2) is 19.9 Å². The summed E-state index contributed by atoms with van der Waals surface area (Å²) in [6.07, 6.45) is 4.56. The standard InChI is InChI=1S/C24H20N6/c1-14-3-4-16-7-8-30(22(16)9-14)24-19-10-17(5-6-20(19)26-13-27-24)18-11-21-23(25-12-18)29-15(2)28-21/h3-6,9-13H,7-8H2,1-2H3,(H,25,28,29). The van der Waals surface area contributed by atoms with Crippen molar-refractivity contribution in [1.29, 1.82) is 0 Å². The van der Waals surface area contributed by atoms with Crippen LogP contribution in [0.3, 0.4) is 0 Å². The Bertz CT molecular complexity index is 1430. The lowest BCUT2D eigenvalue weighted by Gasteiger charge is -2.20. The first-order valence-corrected chi connectivity index (χ1v) is 10.1. The van der Waals surface area contributed by atoms with Crippen LogP contribution in [0.15, 0.2) is 55.0 Å². The maximum atomic E-state index is 4.69. The van der Waals surface area contributed by atoms with Crippen LogP contribution in [0.1, 0.15) is 17.0 Å². The molecule has 4 heterocycles. The van der Waals surface area contributed by atoms with E-state index in [9.17, 15) is 0 Å². The molecule has 0 spiro atoms. The number of nitrogens with zero attached hydrogens (tertiary/aromatic N) is 5. The predicted octanol–water partition coefficient (Wildman–Crippen LogP) is 4.88. The third-order valence-electron chi connectivity index (χ3n) is 5.80. The van der Waals surface area contributed by atoms with Gasteiger partial charge in [-0.05, 0) is 61.2 Å². The van der Waals surface area contributed by atoms with E-state index in [0.717, 1.165) is 57.8 Å². The molecule has 3 aromatic heterocycles. The van der Waals surface area contributed by atoms with Crippen molar-refractivity contribution in [2.75, 3.05) is 11.4 Å². The van der Waals surface area contributed by atoms with Crippen LogP contribution in [-0.2, 0) is 6.42 Å². The van der Waals surface area contributed by atoms with E-state index in [1.165, 1.54) is 16.8 Å². The minimum Gasteiger partial charge on any atom is -0.341 e. The highest BCUT2D eigenvalue weighted by atomic mass is 15.2. The normalized spacial score (nSPS) is 13.3. The van der Waals surface area contributed by atoms with Gasteiger partial charge in [-0.2, -0.15) is 0 Å². The largest absolute Gasteiger partial charge is 0.341 e. The average molecular weight is 392 g/mol. The second kappa shape index (κ2) is 6.35. The lowest BCUT2D eigenvalue weighted by atomic mass is 10.0. The van der Waals surface area contributed by atoms with Crippen molar-refractivity contribution in [2.45, 2.75) is 20.3 Å². The highest BCUT2D eigenvalue weighted by Crippen LogP contribution is 2.38. The molecule has 146 valence electrons. The number of hydrogen-bond acceptors (Lipinski definition) is 5. The number of nitrogens with one attached hydrogen (secondary N) is 1. The number of imidazole rings is 1. The van der Waals surface area contributed by atoms with Crippen LogP contribution in [0.5, 0.6) is 0 Å². The summed E-state index contributed by atoms with van der Waals surface area (Å²) in [4.78, 5) is 23.7. The molecule has 0 amide bonds. The number of hydrogen-bond donors (Lipinski definition) is 1. The third-order valence-corrected chi connectivity index (χ3v) is 5.80. The first kappa shape index (κ1) is 17.1. The highest BCUT2D eigenvalue weighted by molar-refractivity contribution is 5.95. The molecule has 6 heteroatoms. The van der Waals surface area contributed by atoms with Crippen molar-refractivity contribution < 1.29 is 0 Å². The van der Waals surface area contributed by atoms with Crippen molar-refractivity contribution in [1.82, 2.24) is 24.9 Å². The highest BCUT2D eigenvalue weighted by Gasteiger charge is 2.23. The van der Waals surface area contributed by atoms with Gasteiger partial charge < -0.3 is 9.88 Å². The van der Waals surface area contributed by atoms with Crippen LogP contribution in [0, 0.1) is 13.8 Å². The van der Waals surface area contributed by atoms with Gasteiger partial charge in [-0.1, -0.05) is 18.2 Å². The smallest absolute Gasteiger partial charge is 0.177 e. The van der Waals surface area contributed by atoms with E-state index in [1.54, 1.807) is 6.33 Å². The molecule has 30 heavy (non-hydrogen) atoms. The van der Waals surface area contributed by atoms with Crippen LogP contribution >= 0.6 is 0 Å². The van der Waals surface area contributed by atoms with E-state index in [0.29, 0.717) is 0 Å². The molecule has 5 aromatic rings. The molecule has 1 aliphatic rings. The van der Waals surface area contributed by atoms with Crippen molar-refractivity contribution in [3.8, 4) is 11.1 Å². The summed E-state index contributed by atoms with van der Waals surface area (Å²) >= 11 is 0. The molecule has 1 aliphatic heterocycles. The molecular weight excluding hydrogens is 372 g/mol. The second-order valence-corrected chi connectivity index (χ2v) is 7.88. The molecule has 0 atom stereocenters. The van der Waals surface area contributed by atoms with E-state index in [2.05, 4.69) is 79.2 Å². The molecule has 1 N–H and O–H groups in total. The van der Waals surface area contributed by atoms with Crippen molar-refractivity contribution in [3.63, 3.8) is 0 Å². The summed E-state index contributed by atoms with van der Waals surface area (Å²) in [6, 6.07) is 15.1. The second-order valence-electron chi connectivity index (χ2n) is 7.88. The SMILES string of the molecule is Cc1ccc2c(c1)N(c1ncnc3ccc(-c4cnc5nc(C)[nH]c5c4)cc13)CC2. The minimum absolute atomic E-state index is 0.741. The van der Waals surface area contributed by atoms with E-state index in [4.69, 9.17) is 0 Å². The number of benzene rings is 2. The van der Waals surface area contributed by atoms with E-state index in [-0.39, 0.29) is 0 Å². The lowest BCUT2D eigenvalue weighted by molar-refractivity contribution is 0.974. The zero-order valence-corrected chi connectivity index (χ0v) is 16.8. The number of aryl methyl sites for hydroxylation is 2. The number of pyridine rings is 1. The fourth-order valence-electron chi connectivity index (χ4n) is 4.33. The molecule has 0 saturated heterocycles. The topological polar surface area (TPSA) is 70.6 Å². The lowest BCUT2D eigenvalue weighted by Crippen LogP contribution is -2.15. The fourth-order valence-corrected chi connectivity index (χ4v) is 4.33. The fraction of sp³-hybridized carbons (Fsp3) is 0.167. The van der Waals surface area contributed by atoms with Gasteiger partial charge in [0.1, 0.15) is 18.0 Å². The Kier molecular flexibility index (Phi) is 3.62. The van der Waals surface area contributed by atoms with Gasteiger partial charge >= 0.3 is 0 Å². The first-order chi connectivity index (χ1) is 14.7. The number of fused-ring (bicyclic) bond motifs is 3. The molecule has 0 bridgehead atoms. The van der Waals surface area contributed by atoms with E-state index < -0.39 is 0 Å². The molecule has 2 aromatic carbocycles. The summed E-state index contributed by atoms with van der Waals surface area (Å²) in [5, 5.41) is 1.05. The van der Waals surface area contributed by atoms with Gasteiger partial charge in [0.05, 0.1) is 11.0 Å².